The highest BCUT2D eigenvalue weighted by molar-refractivity contribution is 5.91. The maximum Gasteiger partial charge on any atom is 0.265 e. The molecule has 0 bridgehead atoms. The predicted molar refractivity (Wildman–Crippen MR) is 93.7 cm³/mol. The van der Waals surface area contributed by atoms with Crippen LogP contribution in [0.3, 0.4) is 0 Å². The second kappa shape index (κ2) is 9.41. The largest absolute Gasteiger partial charge is 0.386 e. The van der Waals surface area contributed by atoms with Crippen LogP contribution in [0.1, 0.15) is 30.9 Å². The zero-order chi connectivity index (χ0) is 16.3. The van der Waals surface area contributed by atoms with Gasteiger partial charge in [0.15, 0.2) is 6.61 Å². The Labute approximate surface area is 137 Å². The van der Waals surface area contributed by atoms with E-state index >= 15 is 0 Å². The maximum atomic E-state index is 11.8. The second-order valence-electron chi connectivity index (χ2n) is 5.27. The lowest BCUT2D eigenvalue weighted by atomic mass is 10.1. The first-order chi connectivity index (χ1) is 11.3. The first-order valence-electron chi connectivity index (χ1n) is 7.87. The van der Waals surface area contributed by atoms with Crippen molar-refractivity contribution in [2.24, 2.45) is 5.16 Å². The average molecular weight is 310 g/mol. The van der Waals surface area contributed by atoms with Gasteiger partial charge in [0.1, 0.15) is 0 Å². The van der Waals surface area contributed by atoms with E-state index in [9.17, 15) is 4.79 Å². The number of rotatable bonds is 8. The molecule has 0 aliphatic rings. The summed E-state index contributed by atoms with van der Waals surface area (Å²) in [5.41, 5.74) is 2.98. The number of aryl methyl sites for hydroxylation is 1. The fourth-order valence-electron chi connectivity index (χ4n) is 2.07. The van der Waals surface area contributed by atoms with Crippen molar-refractivity contribution in [2.75, 3.05) is 11.9 Å². The number of nitrogens with zero attached hydrogens (tertiary/aromatic N) is 1. The number of hydrogen-bond acceptors (Lipinski definition) is 3. The molecule has 0 aliphatic carbocycles. The SMILES string of the molecule is CCCCc1ccc(NC(=O)CO/N=C\c2ccccc2)cc1. The number of amides is 1. The van der Waals surface area contributed by atoms with Gasteiger partial charge in [0.05, 0.1) is 6.21 Å². The Hall–Kier alpha value is -2.62. The monoisotopic (exact) mass is 310 g/mol. The number of hydrogen-bond donors (Lipinski definition) is 1. The highest BCUT2D eigenvalue weighted by Crippen LogP contribution is 2.11. The fraction of sp³-hybridized carbons (Fsp3) is 0.263. The van der Waals surface area contributed by atoms with Crippen molar-refractivity contribution in [3.05, 3.63) is 65.7 Å². The molecule has 0 saturated heterocycles. The van der Waals surface area contributed by atoms with Crippen LogP contribution in [0.4, 0.5) is 5.69 Å². The van der Waals surface area contributed by atoms with E-state index in [0.29, 0.717) is 0 Å². The zero-order valence-corrected chi connectivity index (χ0v) is 13.4. The highest BCUT2D eigenvalue weighted by Gasteiger charge is 2.02. The summed E-state index contributed by atoms with van der Waals surface area (Å²) in [4.78, 5) is 16.8. The Morgan fingerprint density at radius 1 is 1.13 bits per heavy atom. The van der Waals surface area contributed by atoms with Gasteiger partial charge >= 0.3 is 0 Å². The quantitative estimate of drug-likeness (QED) is 0.591. The van der Waals surface area contributed by atoms with Crippen LogP contribution in [-0.2, 0) is 16.1 Å². The number of benzene rings is 2. The second-order valence-corrected chi connectivity index (χ2v) is 5.27. The molecular weight excluding hydrogens is 288 g/mol. The van der Waals surface area contributed by atoms with Crippen molar-refractivity contribution >= 4 is 17.8 Å². The van der Waals surface area contributed by atoms with Gasteiger partial charge in [0.25, 0.3) is 5.91 Å². The molecule has 4 heteroatoms. The van der Waals surface area contributed by atoms with E-state index in [0.717, 1.165) is 17.7 Å². The van der Waals surface area contributed by atoms with Gasteiger partial charge in [-0.2, -0.15) is 0 Å². The molecule has 0 atom stereocenters. The molecule has 0 fully saturated rings. The van der Waals surface area contributed by atoms with E-state index in [1.807, 2.05) is 54.6 Å². The maximum absolute atomic E-state index is 11.8. The molecule has 1 N–H and O–H groups in total. The number of oxime groups is 1. The van der Waals surface area contributed by atoms with E-state index in [-0.39, 0.29) is 12.5 Å². The Bertz CT molecular complexity index is 622. The number of carbonyl (C=O) groups is 1. The topological polar surface area (TPSA) is 50.7 Å². The van der Waals surface area contributed by atoms with Gasteiger partial charge in [-0.1, -0.05) is 61.0 Å². The summed E-state index contributed by atoms with van der Waals surface area (Å²) in [6.07, 6.45) is 5.01. The van der Waals surface area contributed by atoms with Crippen LogP contribution < -0.4 is 5.32 Å². The normalized spacial score (nSPS) is 10.7. The number of carbonyl (C=O) groups excluding carboxylic acids is 1. The average Bonchev–Trinajstić information content (AvgIpc) is 2.59. The van der Waals surface area contributed by atoms with Crippen LogP contribution in [0.15, 0.2) is 59.8 Å². The first kappa shape index (κ1) is 16.7. The highest BCUT2D eigenvalue weighted by atomic mass is 16.6. The summed E-state index contributed by atoms with van der Waals surface area (Å²) in [5, 5.41) is 6.57. The van der Waals surface area contributed by atoms with Crippen LogP contribution in [-0.4, -0.2) is 18.7 Å². The summed E-state index contributed by atoms with van der Waals surface area (Å²) in [6, 6.07) is 17.5. The van der Waals surface area contributed by atoms with Gasteiger partial charge in [-0.15, -0.1) is 0 Å². The molecule has 0 spiro atoms. The van der Waals surface area contributed by atoms with Crippen molar-refractivity contribution < 1.29 is 9.63 Å². The lowest BCUT2D eigenvalue weighted by Gasteiger charge is -2.06. The molecule has 2 rings (SSSR count). The predicted octanol–water partition coefficient (Wildman–Crippen LogP) is 4.02. The minimum Gasteiger partial charge on any atom is -0.386 e. The minimum atomic E-state index is -0.225. The zero-order valence-electron chi connectivity index (χ0n) is 13.4. The van der Waals surface area contributed by atoms with Crippen LogP contribution in [0.25, 0.3) is 0 Å². The van der Waals surface area contributed by atoms with Gasteiger partial charge in [0.2, 0.25) is 0 Å². The third-order valence-corrected chi connectivity index (χ3v) is 3.33. The fourth-order valence-corrected chi connectivity index (χ4v) is 2.07. The van der Waals surface area contributed by atoms with Gasteiger partial charge < -0.3 is 10.2 Å². The number of nitrogens with one attached hydrogen (secondary N) is 1. The van der Waals surface area contributed by atoms with Crippen molar-refractivity contribution in [1.82, 2.24) is 0 Å². The Morgan fingerprint density at radius 2 is 1.87 bits per heavy atom. The molecule has 0 unspecified atom stereocenters. The molecule has 0 saturated carbocycles. The van der Waals surface area contributed by atoms with Crippen molar-refractivity contribution in [2.45, 2.75) is 26.2 Å². The van der Waals surface area contributed by atoms with E-state index in [1.165, 1.54) is 18.4 Å². The van der Waals surface area contributed by atoms with Gasteiger partial charge in [-0.25, -0.2) is 0 Å². The summed E-state index contributed by atoms with van der Waals surface area (Å²) in [5.74, 6) is -0.225. The van der Waals surface area contributed by atoms with Crippen molar-refractivity contribution in [1.29, 1.82) is 0 Å². The van der Waals surface area contributed by atoms with Crippen LogP contribution in [0, 0.1) is 0 Å². The van der Waals surface area contributed by atoms with Crippen molar-refractivity contribution in [3.63, 3.8) is 0 Å². The molecule has 2 aromatic carbocycles. The summed E-state index contributed by atoms with van der Waals surface area (Å²) in [6.45, 7) is 2.07. The third-order valence-electron chi connectivity index (χ3n) is 3.33. The van der Waals surface area contributed by atoms with Gasteiger partial charge in [0, 0.05) is 5.69 Å². The summed E-state index contributed by atoms with van der Waals surface area (Å²) >= 11 is 0. The van der Waals surface area contributed by atoms with Crippen LogP contribution >= 0.6 is 0 Å². The molecule has 0 radical (unpaired) electrons. The molecule has 120 valence electrons. The minimum absolute atomic E-state index is 0.110. The standard InChI is InChI=1S/C19H22N2O2/c1-2-3-7-16-10-12-18(13-11-16)21-19(22)15-23-20-14-17-8-5-4-6-9-17/h4-6,8-14H,2-3,7,15H2,1H3,(H,21,22)/b20-14-. The van der Waals surface area contributed by atoms with Crippen LogP contribution in [0.5, 0.6) is 0 Å². The summed E-state index contributed by atoms with van der Waals surface area (Å²) in [7, 11) is 0. The molecule has 0 aromatic heterocycles. The first-order valence-corrected chi connectivity index (χ1v) is 7.87. The van der Waals surface area contributed by atoms with E-state index < -0.39 is 0 Å². The number of unbranched alkanes of at least 4 members (excludes halogenated alkanes) is 1. The molecular formula is C19H22N2O2. The van der Waals surface area contributed by atoms with Crippen molar-refractivity contribution in [3.8, 4) is 0 Å². The molecule has 4 nitrogen and oxygen atoms in total. The van der Waals surface area contributed by atoms with Gasteiger partial charge in [-0.05, 0) is 36.1 Å². The van der Waals surface area contributed by atoms with Crippen LogP contribution in [0.2, 0.25) is 0 Å². The molecule has 2 aromatic rings. The van der Waals surface area contributed by atoms with E-state index in [1.54, 1.807) is 6.21 Å². The Kier molecular flexibility index (Phi) is 6.85. The molecule has 0 aliphatic heterocycles. The summed E-state index contributed by atoms with van der Waals surface area (Å²) < 4.78 is 0. The molecule has 1 amide bonds. The van der Waals surface area contributed by atoms with Gasteiger partial charge in [-0.3, -0.25) is 4.79 Å². The van der Waals surface area contributed by atoms with E-state index in [2.05, 4.69) is 17.4 Å². The lowest BCUT2D eigenvalue weighted by Crippen LogP contribution is -2.16. The molecule has 0 heterocycles. The smallest absolute Gasteiger partial charge is 0.265 e. The Morgan fingerprint density at radius 3 is 2.57 bits per heavy atom. The lowest BCUT2D eigenvalue weighted by molar-refractivity contribution is -0.120. The Balaban J connectivity index is 1.73. The molecule has 23 heavy (non-hydrogen) atoms. The van der Waals surface area contributed by atoms with E-state index in [4.69, 9.17) is 4.84 Å². The third kappa shape index (κ3) is 6.34. The number of anilines is 1.